The van der Waals surface area contributed by atoms with Gasteiger partial charge in [0.05, 0.1) is 5.69 Å². The van der Waals surface area contributed by atoms with Crippen molar-refractivity contribution in [2.24, 2.45) is 0 Å². The molecule has 4 nitrogen and oxygen atoms in total. The van der Waals surface area contributed by atoms with Gasteiger partial charge < -0.3 is 10.2 Å². The van der Waals surface area contributed by atoms with Gasteiger partial charge in [0, 0.05) is 30.9 Å². The highest BCUT2D eigenvalue weighted by molar-refractivity contribution is 9.10. The van der Waals surface area contributed by atoms with Gasteiger partial charge in [0.1, 0.15) is 0 Å². The summed E-state index contributed by atoms with van der Waals surface area (Å²) in [7, 11) is 0. The lowest BCUT2D eigenvalue weighted by atomic mass is 10.2. The molecule has 0 heterocycles. The number of aryl methyl sites for hydroxylation is 1. The third-order valence-electron chi connectivity index (χ3n) is 2.95. The largest absolute Gasteiger partial charge is 0.342 e. The Morgan fingerprint density at radius 1 is 1.30 bits per heavy atom. The maximum absolute atomic E-state index is 11.9. The van der Waals surface area contributed by atoms with Gasteiger partial charge in [-0.1, -0.05) is 13.0 Å². The first-order valence-corrected chi connectivity index (χ1v) is 7.54. The van der Waals surface area contributed by atoms with E-state index in [2.05, 4.69) is 21.2 Å². The maximum Gasteiger partial charge on any atom is 0.226 e. The Morgan fingerprint density at radius 2 is 2.00 bits per heavy atom. The molecule has 0 saturated carbocycles. The van der Waals surface area contributed by atoms with Gasteiger partial charge in [-0.3, -0.25) is 9.59 Å². The van der Waals surface area contributed by atoms with Gasteiger partial charge in [0.15, 0.2) is 0 Å². The molecular formula is C15H21BrN2O2. The summed E-state index contributed by atoms with van der Waals surface area (Å²) in [4.78, 5) is 25.0. The summed E-state index contributed by atoms with van der Waals surface area (Å²) < 4.78 is 0.864. The summed E-state index contributed by atoms with van der Waals surface area (Å²) in [5.41, 5.74) is 1.88. The first-order chi connectivity index (χ1) is 9.43. The quantitative estimate of drug-likeness (QED) is 0.863. The molecule has 1 N–H and O–H groups in total. The van der Waals surface area contributed by atoms with Gasteiger partial charge >= 0.3 is 0 Å². The molecule has 0 bridgehead atoms. The molecule has 0 atom stereocenters. The van der Waals surface area contributed by atoms with Crippen molar-refractivity contribution in [2.45, 2.75) is 33.6 Å². The Hall–Kier alpha value is -1.36. The van der Waals surface area contributed by atoms with E-state index in [1.807, 2.05) is 32.0 Å². The van der Waals surface area contributed by atoms with Gasteiger partial charge in [-0.05, 0) is 47.0 Å². The number of nitrogens with zero attached hydrogens (tertiary/aromatic N) is 1. The zero-order chi connectivity index (χ0) is 15.1. The monoisotopic (exact) mass is 340 g/mol. The van der Waals surface area contributed by atoms with Crippen molar-refractivity contribution in [1.29, 1.82) is 0 Å². The van der Waals surface area contributed by atoms with Crippen LogP contribution < -0.4 is 5.32 Å². The van der Waals surface area contributed by atoms with Crippen molar-refractivity contribution in [3.63, 3.8) is 0 Å². The lowest BCUT2D eigenvalue weighted by molar-refractivity contribution is -0.129. The molecule has 2 amide bonds. The van der Waals surface area contributed by atoms with Crippen LogP contribution in [0.3, 0.4) is 0 Å². The minimum atomic E-state index is -0.0862. The number of nitrogens with one attached hydrogen (secondary N) is 1. The molecule has 0 aromatic heterocycles. The highest BCUT2D eigenvalue weighted by Gasteiger charge is 2.11. The second-order valence-corrected chi connectivity index (χ2v) is 5.64. The molecule has 0 spiro atoms. The average Bonchev–Trinajstić information content (AvgIpc) is 2.37. The first-order valence-electron chi connectivity index (χ1n) is 6.75. The van der Waals surface area contributed by atoms with Gasteiger partial charge in [-0.25, -0.2) is 0 Å². The van der Waals surface area contributed by atoms with E-state index in [-0.39, 0.29) is 11.8 Å². The van der Waals surface area contributed by atoms with Crippen LogP contribution in [0.25, 0.3) is 0 Å². The van der Waals surface area contributed by atoms with E-state index in [9.17, 15) is 9.59 Å². The van der Waals surface area contributed by atoms with Gasteiger partial charge in [-0.15, -0.1) is 0 Å². The van der Waals surface area contributed by atoms with E-state index in [0.717, 1.165) is 22.1 Å². The number of rotatable bonds is 6. The SMILES string of the molecule is CCCN(CCC(=O)Nc1ccc(C)cc1Br)C(C)=O. The Morgan fingerprint density at radius 3 is 2.55 bits per heavy atom. The smallest absolute Gasteiger partial charge is 0.226 e. The maximum atomic E-state index is 11.9. The fourth-order valence-electron chi connectivity index (χ4n) is 1.87. The molecule has 0 aliphatic rings. The molecule has 0 aliphatic carbocycles. The van der Waals surface area contributed by atoms with Crippen molar-refractivity contribution in [3.05, 3.63) is 28.2 Å². The minimum Gasteiger partial charge on any atom is -0.342 e. The number of carbonyl (C=O) groups excluding carboxylic acids is 2. The third kappa shape index (κ3) is 5.33. The number of amides is 2. The van der Waals surface area contributed by atoms with Crippen LogP contribution in [0, 0.1) is 6.92 Å². The van der Waals surface area contributed by atoms with Crippen LogP contribution in [-0.2, 0) is 9.59 Å². The van der Waals surface area contributed by atoms with Gasteiger partial charge in [0.2, 0.25) is 11.8 Å². The van der Waals surface area contributed by atoms with Crippen molar-refractivity contribution in [3.8, 4) is 0 Å². The molecule has 1 aromatic rings. The van der Waals surface area contributed by atoms with Crippen molar-refractivity contribution in [2.75, 3.05) is 18.4 Å². The molecule has 1 rings (SSSR count). The standard InChI is InChI=1S/C15H21BrN2O2/c1-4-8-18(12(3)19)9-7-15(20)17-14-6-5-11(2)10-13(14)16/h5-6,10H,4,7-9H2,1-3H3,(H,17,20). The number of halogens is 1. The molecule has 1 aromatic carbocycles. The van der Waals surface area contributed by atoms with E-state index in [0.29, 0.717) is 19.5 Å². The Labute approximate surface area is 128 Å². The first kappa shape index (κ1) is 16.7. The molecule has 5 heteroatoms. The van der Waals surface area contributed by atoms with Crippen LogP contribution in [0.4, 0.5) is 5.69 Å². The lowest BCUT2D eigenvalue weighted by Crippen LogP contribution is -2.32. The van der Waals surface area contributed by atoms with Crippen molar-refractivity contribution in [1.82, 2.24) is 4.90 Å². The van der Waals surface area contributed by atoms with Gasteiger partial charge in [-0.2, -0.15) is 0 Å². The van der Waals surface area contributed by atoms with E-state index >= 15 is 0 Å². The number of benzene rings is 1. The summed E-state index contributed by atoms with van der Waals surface area (Å²) in [5, 5.41) is 2.85. The summed E-state index contributed by atoms with van der Waals surface area (Å²) >= 11 is 3.42. The summed E-state index contributed by atoms with van der Waals surface area (Å²) in [6, 6.07) is 5.76. The van der Waals surface area contributed by atoms with Crippen LogP contribution in [-0.4, -0.2) is 29.8 Å². The predicted molar refractivity (Wildman–Crippen MR) is 84.7 cm³/mol. The van der Waals surface area contributed by atoms with E-state index in [1.54, 1.807) is 4.90 Å². The third-order valence-corrected chi connectivity index (χ3v) is 3.60. The highest BCUT2D eigenvalue weighted by atomic mass is 79.9. The zero-order valence-electron chi connectivity index (χ0n) is 12.2. The van der Waals surface area contributed by atoms with Crippen molar-refractivity contribution >= 4 is 33.4 Å². The molecule has 0 unspecified atom stereocenters. The lowest BCUT2D eigenvalue weighted by Gasteiger charge is -2.19. The minimum absolute atomic E-state index is 0.0103. The molecule has 0 fully saturated rings. The second kappa shape index (κ2) is 8.04. The number of carbonyl (C=O) groups is 2. The number of hydrogen-bond acceptors (Lipinski definition) is 2. The summed E-state index contributed by atoms with van der Waals surface area (Å²) in [6.07, 6.45) is 1.20. The highest BCUT2D eigenvalue weighted by Crippen LogP contribution is 2.23. The second-order valence-electron chi connectivity index (χ2n) is 4.79. The predicted octanol–water partition coefficient (Wildman–Crippen LogP) is 3.34. The summed E-state index contributed by atoms with van der Waals surface area (Å²) in [5.74, 6) is -0.0759. The Balaban J connectivity index is 2.53. The molecular weight excluding hydrogens is 320 g/mol. The number of hydrogen-bond donors (Lipinski definition) is 1. The molecule has 0 radical (unpaired) electrons. The zero-order valence-corrected chi connectivity index (χ0v) is 13.8. The molecule has 110 valence electrons. The molecule has 0 saturated heterocycles. The van der Waals surface area contributed by atoms with Gasteiger partial charge in [0.25, 0.3) is 0 Å². The average molecular weight is 341 g/mol. The van der Waals surface area contributed by atoms with E-state index < -0.39 is 0 Å². The van der Waals surface area contributed by atoms with Crippen LogP contribution in [0.15, 0.2) is 22.7 Å². The fraction of sp³-hybridized carbons (Fsp3) is 0.467. The molecule has 0 aliphatic heterocycles. The van der Waals surface area contributed by atoms with Crippen molar-refractivity contribution < 1.29 is 9.59 Å². The van der Waals surface area contributed by atoms with E-state index in [4.69, 9.17) is 0 Å². The topological polar surface area (TPSA) is 49.4 Å². The van der Waals surface area contributed by atoms with Crippen LogP contribution in [0.1, 0.15) is 32.3 Å². The van der Waals surface area contributed by atoms with Crippen LogP contribution >= 0.6 is 15.9 Å². The van der Waals surface area contributed by atoms with Crippen LogP contribution in [0.2, 0.25) is 0 Å². The number of anilines is 1. The fourth-order valence-corrected chi connectivity index (χ4v) is 2.46. The Bertz CT molecular complexity index is 489. The molecule has 20 heavy (non-hydrogen) atoms. The normalized spacial score (nSPS) is 10.2. The van der Waals surface area contributed by atoms with Crippen LogP contribution in [0.5, 0.6) is 0 Å². The Kier molecular flexibility index (Phi) is 6.71. The summed E-state index contributed by atoms with van der Waals surface area (Å²) in [6.45, 7) is 6.69. The van der Waals surface area contributed by atoms with E-state index in [1.165, 1.54) is 6.92 Å².